The maximum atomic E-state index is 11.1. The minimum Gasteiger partial charge on any atom is -0.478 e. The SMILES string of the molecule is C=C1CC(=O)O/C(=C(\C)C(=O)O)OC1=O. The Labute approximate surface area is 84.8 Å². The summed E-state index contributed by atoms with van der Waals surface area (Å²) >= 11 is 0. The van der Waals surface area contributed by atoms with E-state index in [2.05, 4.69) is 16.1 Å². The van der Waals surface area contributed by atoms with Crippen molar-refractivity contribution in [2.45, 2.75) is 13.3 Å². The monoisotopic (exact) mass is 212 g/mol. The number of carboxylic acid groups (broad SMARTS) is 1. The van der Waals surface area contributed by atoms with Gasteiger partial charge in [0, 0.05) is 5.57 Å². The molecule has 1 rings (SSSR count). The highest BCUT2D eigenvalue weighted by molar-refractivity contribution is 5.96. The molecule has 0 spiro atoms. The van der Waals surface area contributed by atoms with Gasteiger partial charge in [-0.15, -0.1) is 0 Å². The van der Waals surface area contributed by atoms with Gasteiger partial charge in [-0.1, -0.05) is 6.58 Å². The summed E-state index contributed by atoms with van der Waals surface area (Å²) in [6.07, 6.45) is -0.310. The molecular weight excluding hydrogens is 204 g/mol. The molecule has 0 atom stereocenters. The van der Waals surface area contributed by atoms with E-state index in [1.807, 2.05) is 0 Å². The quantitative estimate of drug-likeness (QED) is 0.498. The second-order valence-corrected chi connectivity index (χ2v) is 2.86. The Morgan fingerprint density at radius 3 is 2.53 bits per heavy atom. The van der Waals surface area contributed by atoms with Crippen LogP contribution in [0.3, 0.4) is 0 Å². The molecule has 0 radical (unpaired) electrons. The molecular formula is C9H8O6. The van der Waals surface area contributed by atoms with Crippen molar-refractivity contribution in [3.8, 4) is 0 Å². The lowest BCUT2D eigenvalue weighted by molar-refractivity contribution is -0.147. The Hall–Kier alpha value is -2.11. The molecule has 6 heteroatoms. The topological polar surface area (TPSA) is 89.9 Å². The van der Waals surface area contributed by atoms with Crippen LogP contribution in [0.25, 0.3) is 0 Å². The van der Waals surface area contributed by atoms with Gasteiger partial charge in [-0.2, -0.15) is 0 Å². The molecule has 1 aliphatic heterocycles. The van der Waals surface area contributed by atoms with Crippen molar-refractivity contribution in [3.05, 3.63) is 23.7 Å². The summed E-state index contributed by atoms with van der Waals surface area (Å²) in [7, 11) is 0. The maximum absolute atomic E-state index is 11.1. The van der Waals surface area contributed by atoms with Crippen molar-refractivity contribution in [2.24, 2.45) is 0 Å². The Morgan fingerprint density at radius 2 is 2.00 bits per heavy atom. The molecule has 80 valence electrons. The predicted molar refractivity (Wildman–Crippen MR) is 46.3 cm³/mol. The molecule has 6 nitrogen and oxygen atoms in total. The molecule has 0 aromatic heterocycles. The second kappa shape index (κ2) is 3.95. The van der Waals surface area contributed by atoms with Crippen molar-refractivity contribution in [3.63, 3.8) is 0 Å². The first kappa shape index (κ1) is 11.0. The van der Waals surface area contributed by atoms with Crippen molar-refractivity contribution in [2.75, 3.05) is 0 Å². The van der Waals surface area contributed by atoms with Crippen LogP contribution < -0.4 is 0 Å². The molecule has 0 aromatic carbocycles. The lowest BCUT2D eigenvalue weighted by atomic mass is 10.2. The van der Waals surface area contributed by atoms with Gasteiger partial charge in [0.15, 0.2) is 0 Å². The zero-order chi connectivity index (χ0) is 11.6. The number of carboxylic acids is 1. The number of carbonyl (C=O) groups excluding carboxylic acids is 2. The molecule has 1 N–H and O–H groups in total. The summed E-state index contributed by atoms with van der Waals surface area (Å²) in [5, 5.41) is 8.60. The molecule has 0 bridgehead atoms. The third-order valence-electron chi connectivity index (χ3n) is 1.67. The van der Waals surface area contributed by atoms with E-state index in [0.29, 0.717) is 0 Å². The first-order valence-corrected chi connectivity index (χ1v) is 3.96. The summed E-state index contributed by atoms with van der Waals surface area (Å²) < 4.78 is 9.07. The Balaban J connectivity index is 3.07. The van der Waals surface area contributed by atoms with E-state index in [9.17, 15) is 14.4 Å². The van der Waals surface area contributed by atoms with E-state index in [-0.39, 0.29) is 17.6 Å². The van der Waals surface area contributed by atoms with Gasteiger partial charge < -0.3 is 14.6 Å². The fourth-order valence-corrected chi connectivity index (χ4v) is 0.803. The van der Waals surface area contributed by atoms with Crippen LogP contribution in [-0.4, -0.2) is 23.0 Å². The van der Waals surface area contributed by atoms with Crippen LogP contribution in [0.2, 0.25) is 0 Å². The predicted octanol–water partition coefficient (Wildman–Crippen LogP) is 0.349. The smallest absolute Gasteiger partial charge is 0.341 e. The average Bonchev–Trinajstić information content (AvgIpc) is 2.25. The van der Waals surface area contributed by atoms with E-state index < -0.39 is 23.9 Å². The first-order chi connectivity index (χ1) is 6.91. The van der Waals surface area contributed by atoms with Crippen molar-refractivity contribution in [1.29, 1.82) is 0 Å². The van der Waals surface area contributed by atoms with Crippen molar-refractivity contribution >= 4 is 17.9 Å². The summed E-state index contributed by atoms with van der Waals surface area (Å²) in [6, 6.07) is 0. The fraction of sp³-hybridized carbons (Fsp3) is 0.222. The van der Waals surface area contributed by atoms with Crippen LogP contribution in [0.15, 0.2) is 23.7 Å². The van der Waals surface area contributed by atoms with Crippen LogP contribution in [-0.2, 0) is 23.9 Å². The Bertz CT molecular complexity index is 389. The molecule has 0 unspecified atom stereocenters. The number of hydrogen-bond acceptors (Lipinski definition) is 5. The van der Waals surface area contributed by atoms with E-state index >= 15 is 0 Å². The molecule has 0 saturated carbocycles. The van der Waals surface area contributed by atoms with Crippen LogP contribution in [0, 0.1) is 0 Å². The largest absolute Gasteiger partial charge is 0.478 e. The number of ether oxygens (including phenoxy) is 2. The van der Waals surface area contributed by atoms with Crippen LogP contribution in [0.5, 0.6) is 0 Å². The minimum absolute atomic E-state index is 0.0758. The molecule has 1 saturated heterocycles. The minimum atomic E-state index is -1.34. The highest BCUT2D eigenvalue weighted by Crippen LogP contribution is 2.18. The summed E-state index contributed by atoms with van der Waals surface area (Å²) in [5.74, 6) is -3.58. The third-order valence-corrected chi connectivity index (χ3v) is 1.67. The van der Waals surface area contributed by atoms with E-state index in [1.54, 1.807) is 0 Å². The molecule has 1 heterocycles. The summed E-state index contributed by atoms with van der Waals surface area (Å²) in [6.45, 7) is 4.46. The van der Waals surface area contributed by atoms with Crippen LogP contribution in [0.1, 0.15) is 13.3 Å². The number of cyclic esters (lactones) is 2. The highest BCUT2D eigenvalue weighted by atomic mass is 16.7. The molecule has 0 aliphatic carbocycles. The number of carbonyl (C=O) groups is 3. The van der Waals surface area contributed by atoms with Gasteiger partial charge >= 0.3 is 23.9 Å². The van der Waals surface area contributed by atoms with E-state index in [4.69, 9.17) is 5.11 Å². The van der Waals surface area contributed by atoms with E-state index in [0.717, 1.165) is 6.92 Å². The standard InChI is InChI=1S/C9H8O6/c1-4-3-6(10)14-9(15-8(4)13)5(2)7(11)12/h1,3H2,2H3,(H,11,12)/b9-5-. The first-order valence-electron chi connectivity index (χ1n) is 3.96. The number of hydrogen-bond donors (Lipinski definition) is 1. The van der Waals surface area contributed by atoms with Gasteiger partial charge in [0.25, 0.3) is 0 Å². The molecule has 0 amide bonds. The number of aliphatic carboxylic acids is 1. The second-order valence-electron chi connectivity index (χ2n) is 2.86. The number of rotatable bonds is 1. The van der Waals surface area contributed by atoms with Gasteiger partial charge in [0.2, 0.25) is 0 Å². The summed E-state index contributed by atoms with van der Waals surface area (Å²) in [4.78, 5) is 32.7. The van der Waals surface area contributed by atoms with Crippen molar-refractivity contribution < 1.29 is 29.0 Å². The molecule has 0 aromatic rings. The Kier molecular flexibility index (Phi) is 2.89. The third kappa shape index (κ3) is 2.43. The average molecular weight is 212 g/mol. The van der Waals surface area contributed by atoms with E-state index in [1.165, 1.54) is 0 Å². The lowest BCUT2D eigenvalue weighted by Gasteiger charge is -2.04. The Morgan fingerprint density at radius 1 is 1.40 bits per heavy atom. The van der Waals surface area contributed by atoms with Crippen LogP contribution in [0.4, 0.5) is 0 Å². The maximum Gasteiger partial charge on any atom is 0.341 e. The van der Waals surface area contributed by atoms with Gasteiger partial charge in [-0.25, -0.2) is 9.59 Å². The van der Waals surface area contributed by atoms with Gasteiger partial charge in [-0.05, 0) is 6.92 Å². The zero-order valence-corrected chi connectivity index (χ0v) is 7.90. The highest BCUT2D eigenvalue weighted by Gasteiger charge is 2.26. The normalized spacial score (nSPS) is 20.2. The summed E-state index contributed by atoms with van der Waals surface area (Å²) in [5.41, 5.74) is -0.431. The molecule has 1 fully saturated rings. The zero-order valence-electron chi connectivity index (χ0n) is 7.90. The van der Waals surface area contributed by atoms with Crippen molar-refractivity contribution in [1.82, 2.24) is 0 Å². The van der Waals surface area contributed by atoms with Gasteiger partial charge in [0.05, 0.1) is 6.42 Å². The number of esters is 2. The molecule has 15 heavy (non-hydrogen) atoms. The lowest BCUT2D eigenvalue weighted by Crippen LogP contribution is -2.10. The fourth-order valence-electron chi connectivity index (χ4n) is 0.803. The molecule has 1 aliphatic rings. The van der Waals surface area contributed by atoms with Gasteiger partial charge in [0.1, 0.15) is 5.57 Å². The van der Waals surface area contributed by atoms with Crippen LogP contribution >= 0.6 is 0 Å². The van der Waals surface area contributed by atoms with Gasteiger partial charge in [-0.3, -0.25) is 4.79 Å².